The molecule has 0 amide bonds. The van der Waals surface area contributed by atoms with Gasteiger partial charge < -0.3 is 5.11 Å². The maximum Gasteiger partial charge on any atom is 0.307 e. The lowest BCUT2D eigenvalue weighted by molar-refractivity contribution is -0.140. The van der Waals surface area contributed by atoms with Crippen LogP contribution in [0.5, 0.6) is 0 Å². The fourth-order valence-electron chi connectivity index (χ4n) is 1.73. The van der Waals surface area contributed by atoms with Gasteiger partial charge in [0, 0.05) is 27.0 Å². The van der Waals surface area contributed by atoms with Crippen LogP contribution in [-0.2, 0) is 21.3 Å². The van der Waals surface area contributed by atoms with Gasteiger partial charge in [0.25, 0.3) is 0 Å². The van der Waals surface area contributed by atoms with E-state index in [4.69, 9.17) is 5.11 Å². The lowest BCUT2D eigenvalue weighted by Gasteiger charge is -2.05. The first-order valence-electron chi connectivity index (χ1n) is 5.61. The first-order chi connectivity index (χ1) is 8.58. The van der Waals surface area contributed by atoms with Crippen molar-refractivity contribution >= 4 is 38.2 Å². The Hall–Kier alpha value is -1.20. The molecule has 3 nitrogen and oxygen atoms in total. The maximum atomic E-state index is 11.9. The average molecular weight is 282 g/mol. The quantitative estimate of drug-likeness (QED) is 0.917. The first kappa shape index (κ1) is 13.2. The molecule has 2 aromatic rings. The van der Waals surface area contributed by atoms with Crippen LogP contribution in [0.25, 0.3) is 10.1 Å². The summed E-state index contributed by atoms with van der Waals surface area (Å²) in [7, 11) is -1.13. The minimum Gasteiger partial charge on any atom is -0.481 e. The summed E-state index contributed by atoms with van der Waals surface area (Å²) in [5.41, 5.74) is 1.05. The molecule has 5 heteroatoms. The van der Waals surface area contributed by atoms with E-state index in [-0.39, 0.29) is 5.75 Å². The normalized spacial score (nSPS) is 14.5. The van der Waals surface area contributed by atoms with Gasteiger partial charge in [0.1, 0.15) is 0 Å². The van der Waals surface area contributed by atoms with Crippen molar-refractivity contribution in [1.29, 1.82) is 0 Å². The van der Waals surface area contributed by atoms with E-state index in [0.29, 0.717) is 5.75 Å². The zero-order chi connectivity index (χ0) is 13.1. The minimum atomic E-state index is -1.13. The Morgan fingerprint density at radius 1 is 1.44 bits per heavy atom. The summed E-state index contributed by atoms with van der Waals surface area (Å²) in [5, 5.41) is 11.9. The number of rotatable bonds is 5. The summed E-state index contributed by atoms with van der Waals surface area (Å²) < 4.78 is 13.1. The fraction of sp³-hybridized carbons (Fsp3) is 0.308. The highest BCUT2D eigenvalue weighted by molar-refractivity contribution is 7.84. The summed E-state index contributed by atoms with van der Waals surface area (Å²) in [4.78, 5) is 10.7. The Kier molecular flexibility index (Phi) is 4.14. The van der Waals surface area contributed by atoms with Crippen molar-refractivity contribution in [2.75, 3.05) is 5.75 Å². The molecule has 0 saturated carbocycles. The molecule has 1 N–H and O–H groups in total. The van der Waals surface area contributed by atoms with Crippen molar-refractivity contribution in [3.05, 3.63) is 35.2 Å². The van der Waals surface area contributed by atoms with E-state index >= 15 is 0 Å². The summed E-state index contributed by atoms with van der Waals surface area (Å²) in [5.74, 6) is -0.810. The van der Waals surface area contributed by atoms with Crippen LogP contribution < -0.4 is 0 Å². The molecule has 0 aliphatic rings. The van der Waals surface area contributed by atoms with E-state index < -0.39 is 22.7 Å². The zero-order valence-corrected chi connectivity index (χ0v) is 11.6. The van der Waals surface area contributed by atoms with Crippen molar-refractivity contribution in [3.8, 4) is 0 Å². The van der Waals surface area contributed by atoms with Gasteiger partial charge in [-0.2, -0.15) is 0 Å². The predicted molar refractivity (Wildman–Crippen MR) is 75.3 cm³/mol. The zero-order valence-electron chi connectivity index (χ0n) is 9.96. The number of hydrogen-bond acceptors (Lipinski definition) is 3. The van der Waals surface area contributed by atoms with Gasteiger partial charge in [-0.25, -0.2) is 0 Å². The fourth-order valence-corrected chi connectivity index (χ4v) is 4.20. The van der Waals surface area contributed by atoms with Gasteiger partial charge in [0.15, 0.2) is 0 Å². The Morgan fingerprint density at radius 2 is 2.17 bits per heavy atom. The molecule has 0 aliphatic heterocycles. The Morgan fingerprint density at radius 3 is 2.89 bits per heavy atom. The SMILES string of the molecule is CC(CS(=O)Cc1csc2ccccc12)C(=O)O. The summed E-state index contributed by atoms with van der Waals surface area (Å²) >= 11 is 1.63. The molecule has 0 spiro atoms. The molecular weight excluding hydrogens is 268 g/mol. The lowest BCUT2D eigenvalue weighted by Crippen LogP contribution is -2.18. The highest BCUT2D eigenvalue weighted by Crippen LogP contribution is 2.26. The van der Waals surface area contributed by atoms with Crippen molar-refractivity contribution in [2.24, 2.45) is 5.92 Å². The molecule has 1 aromatic heterocycles. The van der Waals surface area contributed by atoms with E-state index in [2.05, 4.69) is 0 Å². The third-order valence-electron chi connectivity index (χ3n) is 2.74. The van der Waals surface area contributed by atoms with Crippen molar-refractivity contribution in [3.63, 3.8) is 0 Å². The summed E-state index contributed by atoms with van der Waals surface area (Å²) in [6.07, 6.45) is 0. The van der Waals surface area contributed by atoms with Crippen molar-refractivity contribution < 1.29 is 14.1 Å². The van der Waals surface area contributed by atoms with E-state index in [1.807, 2.05) is 29.6 Å². The second kappa shape index (κ2) is 5.63. The lowest BCUT2D eigenvalue weighted by atomic mass is 10.2. The molecule has 0 saturated heterocycles. The number of fused-ring (bicyclic) bond motifs is 1. The van der Waals surface area contributed by atoms with Crippen LogP contribution in [0.15, 0.2) is 29.6 Å². The molecule has 0 bridgehead atoms. The molecule has 0 fully saturated rings. The average Bonchev–Trinajstić information content (AvgIpc) is 2.72. The smallest absolute Gasteiger partial charge is 0.307 e. The Bertz CT molecular complexity index is 589. The second-order valence-electron chi connectivity index (χ2n) is 4.25. The molecule has 2 atom stereocenters. The molecule has 0 radical (unpaired) electrons. The topological polar surface area (TPSA) is 54.4 Å². The first-order valence-corrected chi connectivity index (χ1v) is 7.97. The minimum absolute atomic E-state index is 0.208. The van der Waals surface area contributed by atoms with E-state index in [9.17, 15) is 9.00 Å². The van der Waals surface area contributed by atoms with E-state index in [1.165, 1.54) is 4.70 Å². The van der Waals surface area contributed by atoms with Crippen LogP contribution >= 0.6 is 11.3 Å². The van der Waals surface area contributed by atoms with Gasteiger partial charge in [-0.15, -0.1) is 11.3 Å². The molecule has 1 aromatic carbocycles. The van der Waals surface area contributed by atoms with Gasteiger partial charge in [-0.1, -0.05) is 25.1 Å². The van der Waals surface area contributed by atoms with Crippen LogP contribution in [0, 0.1) is 5.92 Å². The van der Waals surface area contributed by atoms with Gasteiger partial charge in [-0.3, -0.25) is 9.00 Å². The number of aliphatic carboxylic acids is 1. The highest BCUT2D eigenvalue weighted by atomic mass is 32.2. The van der Waals surface area contributed by atoms with Gasteiger partial charge in [-0.05, 0) is 22.4 Å². The van der Waals surface area contributed by atoms with Crippen LogP contribution in [0.4, 0.5) is 0 Å². The molecule has 96 valence electrons. The number of carbonyl (C=O) groups is 1. The highest BCUT2D eigenvalue weighted by Gasteiger charge is 2.16. The monoisotopic (exact) mass is 282 g/mol. The van der Waals surface area contributed by atoms with Gasteiger partial charge in [0.05, 0.1) is 5.92 Å². The molecule has 18 heavy (non-hydrogen) atoms. The van der Waals surface area contributed by atoms with Crippen molar-refractivity contribution in [2.45, 2.75) is 12.7 Å². The molecular formula is C13H14O3S2. The maximum absolute atomic E-state index is 11.9. The Labute approximate surface area is 112 Å². The van der Waals surface area contributed by atoms with E-state index in [0.717, 1.165) is 10.9 Å². The largest absolute Gasteiger partial charge is 0.481 e. The summed E-state index contributed by atoms with van der Waals surface area (Å²) in [6.45, 7) is 1.59. The number of hydrogen-bond donors (Lipinski definition) is 1. The Balaban J connectivity index is 2.10. The van der Waals surface area contributed by atoms with Crippen molar-refractivity contribution in [1.82, 2.24) is 0 Å². The standard InChI is InChI=1S/C13H14O3S2/c1-9(13(14)15)7-18(16)8-10-6-17-12-5-3-2-4-11(10)12/h2-6,9H,7-8H2,1H3,(H,14,15). The summed E-state index contributed by atoms with van der Waals surface area (Å²) in [6, 6.07) is 7.98. The van der Waals surface area contributed by atoms with Crippen LogP contribution in [-0.4, -0.2) is 21.0 Å². The number of carboxylic acids is 1. The molecule has 1 heterocycles. The third kappa shape index (κ3) is 2.97. The van der Waals surface area contributed by atoms with Crippen LogP contribution in [0.2, 0.25) is 0 Å². The third-order valence-corrected chi connectivity index (χ3v) is 5.25. The number of benzene rings is 1. The van der Waals surface area contributed by atoms with Gasteiger partial charge in [0.2, 0.25) is 0 Å². The molecule has 2 unspecified atom stereocenters. The van der Waals surface area contributed by atoms with Crippen LogP contribution in [0.3, 0.4) is 0 Å². The van der Waals surface area contributed by atoms with Crippen LogP contribution in [0.1, 0.15) is 12.5 Å². The predicted octanol–water partition coefficient (Wildman–Crippen LogP) is 2.87. The number of carboxylic acid groups (broad SMARTS) is 1. The number of thiophene rings is 1. The second-order valence-corrected chi connectivity index (χ2v) is 6.66. The molecule has 0 aliphatic carbocycles. The van der Waals surface area contributed by atoms with Gasteiger partial charge >= 0.3 is 5.97 Å². The molecule has 2 rings (SSSR count). The van der Waals surface area contributed by atoms with E-state index in [1.54, 1.807) is 18.3 Å².